The molecular formula is C26H35N5O2. The van der Waals surface area contributed by atoms with Gasteiger partial charge in [-0.1, -0.05) is 37.5 Å². The highest BCUT2D eigenvalue weighted by Gasteiger charge is 2.37. The zero-order chi connectivity index (χ0) is 22.7. The van der Waals surface area contributed by atoms with E-state index in [-0.39, 0.29) is 23.7 Å². The van der Waals surface area contributed by atoms with E-state index in [0.717, 1.165) is 32.4 Å². The number of pyridine rings is 1. The molecule has 2 bridgehead atoms. The summed E-state index contributed by atoms with van der Waals surface area (Å²) in [5.41, 5.74) is 5.16. The van der Waals surface area contributed by atoms with Crippen molar-refractivity contribution in [3.8, 4) is 0 Å². The molecule has 1 aliphatic heterocycles. The van der Waals surface area contributed by atoms with E-state index in [2.05, 4.69) is 27.9 Å². The lowest BCUT2D eigenvalue weighted by molar-refractivity contribution is -0.125. The fourth-order valence-electron chi connectivity index (χ4n) is 5.85. The Bertz CT molecular complexity index is 1040. The van der Waals surface area contributed by atoms with Crippen LogP contribution >= 0.6 is 0 Å². The van der Waals surface area contributed by atoms with Crippen LogP contribution in [0.25, 0.3) is 5.65 Å². The van der Waals surface area contributed by atoms with Gasteiger partial charge in [0.25, 0.3) is 5.91 Å². The molecule has 3 heterocycles. The minimum atomic E-state index is -0.0791. The summed E-state index contributed by atoms with van der Waals surface area (Å²) in [6, 6.07) is 5.56. The summed E-state index contributed by atoms with van der Waals surface area (Å²) in [4.78, 5) is 30.3. The van der Waals surface area contributed by atoms with Gasteiger partial charge in [-0.3, -0.25) is 19.4 Å². The Hall–Kier alpha value is -2.67. The van der Waals surface area contributed by atoms with E-state index in [9.17, 15) is 9.59 Å². The molecule has 1 saturated carbocycles. The number of hydrogen-bond acceptors (Lipinski definition) is 4. The molecule has 0 radical (unpaired) electrons. The van der Waals surface area contributed by atoms with Crippen LogP contribution in [-0.4, -0.2) is 45.8 Å². The largest absolute Gasteiger partial charge is 0.350 e. The average molecular weight is 450 g/mol. The molecule has 33 heavy (non-hydrogen) atoms. The predicted molar refractivity (Wildman–Crippen MR) is 128 cm³/mol. The molecule has 3 aliphatic rings. The van der Waals surface area contributed by atoms with Crippen LogP contribution < -0.4 is 10.7 Å². The molecule has 0 aromatic carbocycles. The summed E-state index contributed by atoms with van der Waals surface area (Å²) in [7, 11) is 0. The number of carbonyl (C=O) groups is 2. The zero-order valence-corrected chi connectivity index (χ0v) is 19.4. The fourth-order valence-corrected chi connectivity index (χ4v) is 5.85. The number of nitrogens with zero attached hydrogens (tertiary/aromatic N) is 3. The van der Waals surface area contributed by atoms with Gasteiger partial charge in [0.15, 0.2) is 0 Å². The molecule has 2 aromatic heterocycles. The molecule has 2 unspecified atom stereocenters. The number of hydrogen-bond donors (Lipinski definition) is 2. The second-order valence-electron chi connectivity index (χ2n) is 10.2. The minimum absolute atomic E-state index is 0.0531. The van der Waals surface area contributed by atoms with E-state index < -0.39 is 0 Å². The highest BCUT2D eigenvalue weighted by molar-refractivity contribution is 5.93. The third-order valence-corrected chi connectivity index (χ3v) is 7.57. The SMILES string of the molecule is O=C(Cc1cn2c(C(=O)NCC34CC=CC(CCC3)C4)cccc2n1)NN1CCCCCC1. The van der Waals surface area contributed by atoms with E-state index >= 15 is 0 Å². The Morgan fingerprint density at radius 1 is 1.12 bits per heavy atom. The Morgan fingerprint density at radius 2 is 1.97 bits per heavy atom. The summed E-state index contributed by atoms with van der Waals surface area (Å²) in [5, 5.41) is 5.24. The lowest BCUT2D eigenvalue weighted by Gasteiger charge is -2.42. The molecule has 2 aliphatic carbocycles. The molecule has 0 spiro atoms. The topological polar surface area (TPSA) is 78.7 Å². The van der Waals surface area contributed by atoms with Crippen LogP contribution in [0.15, 0.2) is 36.5 Å². The molecule has 7 nitrogen and oxygen atoms in total. The summed E-state index contributed by atoms with van der Waals surface area (Å²) in [6.45, 7) is 2.52. The third-order valence-electron chi connectivity index (χ3n) is 7.57. The Labute approximate surface area is 195 Å². The van der Waals surface area contributed by atoms with Crippen molar-refractivity contribution in [2.75, 3.05) is 19.6 Å². The Balaban J connectivity index is 1.24. The number of rotatable bonds is 6. The zero-order valence-electron chi connectivity index (χ0n) is 19.4. The van der Waals surface area contributed by atoms with Crippen LogP contribution in [0, 0.1) is 11.3 Å². The first-order valence-electron chi connectivity index (χ1n) is 12.6. The fraction of sp³-hybridized carbons (Fsp3) is 0.577. The first-order valence-corrected chi connectivity index (χ1v) is 12.6. The first-order chi connectivity index (χ1) is 16.1. The summed E-state index contributed by atoms with van der Waals surface area (Å²) >= 11 is 0. The smallest absolute Gasteiger partial charge is 0.268 e. The van der Waals surface area contributed by atoms with Crippen LogP contribution in [0.2, 0.25) is 0 Å². The predicted octanol–water partition coefficient (Wildman–Crippen LogP) is 3.65. The number of imidazole rings is 1. The minimum Gasteiger partial charge on any atom is -0.350 e. The van der Waals surface area contributed by atoms with E-state index in [4.69, 9.17) is 0 Å². The van der Waals surface area contributed by atoms with Gasteiger partial charge in [-0.25, -0.2) is 9.99 Å². The van der Waals surface area contributed by atoms with Crippen molar-refractivity contribution >= 4 is 17.5 Å². The summed E-state index contributed by atoms with van der Waals surface area (Å²) in [5.74, 6) is 0.539. The molecule has 2 fully saturated rings. The maximum atomic E-state index is 13.1. The van der Waals surface area contributed by atoms with Crippen LogP contribution in [0.1, 0.15) is 74.0 Å². The molecule has 176 valence electrons. The van der Waals surface area contributed by atoms with Crippen molar-refractivity contribution in [2.45, 2.75) is 64.2 Å². The first kappa shape index (κ1) is 22.1. The summed E-state index contributed by atoms with van der Waals surface area (Å²) < 4.78 is 1.81. The number of allylic oxidation sites excluding steroid dienone is 2. The monoisotopic (exact) mass is 449 g/mol. The van der Waals surface area contributed by atoms with Crippen LogP contribution in [0.3, 0.4) is 0 Å². The van der Waals surface area contributed by atoms with Gasteiger partial charge in [-0.15, -0.1) is 0 Å². The van der Waals surface area contributed by atoms with Gasteiger partial charge in [0, 0.05) is 25.8 Å². The molecule has 1 saturated heterocycles. The molecule has 7 heteroatoms. The van der Waals surface area contributed by atoms with Gasteiger partial charge in [0.2, 0.25) is 5.91 Å². The van der Waals surface area contributed by atoms with E-state index in [0.29, 0.717) is 29.5 Å². The van der Waals surface area contributed by atoms with Gasteiger partial charge >= 0.3 is 0 Å². The van der Waals surface area contributed by atoms with Gasteiger partial charge in [0.1, 0.15) is 11.3 Å². The number of nitrogens with one attached hydrogen (secondary N) is 2. The second-order valence-corrected chi connectivity index (χ2v) is 10.2. The van der Waals surface area contributed by atoms with E-state index in [1.165, 1.54) is 38.5 Å². The maximum absolute atomic E-state index is 13.1. The van der Waals surface area contributed by atoms with Gasteiger partial charge in [-0.05, 0) is 62.0 Å². The molecular weight excluding hydrogens is 414 g/mol. The number of carbonyl (C=O) groups excluding carboxylic acids is 2. The molecule has 5 rings (SSSR count). The lowest BCUT2D eigenvalue weighted by atomic mass is 9.65. The van der Waals surface area contributed by atoms with Crippen molar-refractivity contribution in [3.05, 3.63) is 47.9 Å². The Morgan fingerprint density at radius 3 is 2.82 bits per heavy atom. The van der Waals surface area contributed by atoms with Gasteiger partial charge in [0.05, 0.1) is 12.1 Å². The lowest BCUT2D eigenvalue weighted by Crippen LogP contribution is -2.43. The number of hydrazine groups is 1. The Kier molecular flexibility index (Phi) is 6.49. The van der Waals surface area contributed by atoms with Crippen molar-refractivity contribution in [3.63, 3.8) is 0 Å². The van der Waals surface area contributed by atoms with Crippen molar-refractivity contribution in [2.24, 2.45) is 11.3 Å². The van der Waals surface area contributed by atoms with Crippen LogP contribution in [-0.2, 0) is 11.2 Å². The molecule has 2 atom stereocenters. The number of amides is 2. The normalized spacial score (nSPS) is 25.5. The van der Waals surface area contributed by atoms with Crippen molar-refractivity contribution in [1.82, 2.24) is 25.1 Å². The van der Waals surface area contributed by atoms with Crippen molar-refractivity contribution < 1.29 is 9.59 Å². The molecule has 2 aromatic rings. The quantitative estimate of drug-likeness (QED) is 0.660. The summed E-state index contributed by atoms with van der Waals surface area (Å²) in [6.07, 6.45) is 17.3. The number of aromatic nitrogens is 2. The van der Waals surface area contributed by atoms with Crippen LogP contribution in [0.5, 0.6) is 0 Å². The van der Waals surface area contributed by atoms with Crippen molar-refractivity contribution in [1.29, 1.82) is 0 Å². The average Bonchev–Trinajstić information content (AvgIpc) is 3.04. The molecule has 2 N–H and O–H groups in total. The van der Waals surface area contributed by atoms with E-state index in [1.54, 1.807) is 0 Å². The highest BCUT2D eigenvalue weighted by atomic mass is 16.2. The van der Waals surface area contributed by atoms with E-state index in [1.807, 2.05) is 33.8 Å². The second kappa shape index (κ2) is 9.67. The van der Waals surface area contributed by atoms with Gasteiger partial charge < -0.3 is 5.32 Å². The van der Waals surface area contributed by atoms with Crippen LogP contribution in [0.4, 0.5) is 0 Å². The maximum Gasteiger partial charge on any atom is 0.268 e. The van der Waals surface area contributed by atoms with Gasteiger partial charge in [-0.2, -0.15) is 0 Å². The highest BCUT2D eigenvalue weighted by Crippen LogP contribution is 2.45. The standard InChI is InChI=1S/C26H35N5O2/c32-24(29-30-14-3-1-2-4-15-30)16-21-18-31-22(10-5-11-23(31)28-21)25(33)27-19-26-12-6-8-20(17-26)9-7-13-26/h5-6,8,10-11,18,20H,1-4,7,9,12-17,19H2,(H,27,33)(H,29,32). The molecule has 2 amide bonds. The number of fused-ring (bicyclic) bond motifs is 3. The third kappa shape index (κ3) is 5.13.